The number of rotatable bonds is 6. The molecule has 0 spiro atoms. The second-order valence-corrected chi connectivity index (χ2v) is 5.97. The van der Waals surface area contributed by atoms with Crippen LogP contribution >= 0.6 is 11.6 Å². The summed E-state index contributed by atoms with van der Waals surface area (Å²) in [5, 5.41) is 11.2. The van der Waals surface area contributed by atoms with Gasteiger partial charge in [-0.3, -0.25) is 10.4 Å². The molecule has 0 aliphatic rings. The van der Waals surface area contributed by atoms with Crippen molar-refractivity contribution in [2.75, 3.05) is 11.4 Å². The lowest BCUT2D eigenvalue weighted by Gasteiger charge is -2.22. The Hall–Kier alpha value is -2.61. The van der Waals surface area contributed by atoms with E-state index in [1.807, 2.05) is 6.92 Å². The van der Waals surface area contributed by atoms with Gasteiger partial charge in [-0.2, -0.15) is 13.2 Å². The van der Waals surface area contributed by atoms with E-state index >= 15 is 0 Å². The Morgan fingerprint density at radius 3 is 2.48 bits per heavy atom. The number of amidine groups is 1. The van der Waals surface area contributed by atoms with Crippen LogP contribution in [0.3, 0.4) is 0 Å². The van der Waals surface area contributed by atoms with Crippen LogP contribution in [0.15, 0.2) is 52.6 Å². The number of anilines is 1. The summed E-state index contributed by atoms with van der Waals surface area (Å²) in [4.78, 5) is 17.2. The summed E-state index contributed by atoms with van der Waals surface area (Å²) in [5.74, 6) is -0.235. The molecule has 0 heterocycles. The molecule has 0 atom stereocenters. The van der Waals surface area contributed by atoms with Gasteiger partial charge in [0.1, 0.15) is 5.84 Å². The lowest BCUT2D eigenvalue weighted by Crippen LogP contribution is -2.43. The molecule has 1 aromatic carbocycles. The Bertz CT molecular complexity index is 736. The molecule has 0 aromatic heterocycles. The summed E-state index contributed by atoms with van der Waals surface area (Å²) in [5.41, 5.74) is -0.697. The maximum absolute atomic E-state index is 12.7. The van der Waals surface area contributed by atoms with Crippen LogP contribution in [0.4, 0.5) is 23.7 Å². The zero-order valence-electron chi connectivity index (χ0n) is 14.8. The van der Waals surface area contributed by atoms with E-state index in [1.54, 1.807) is 6.92 Å². The zero-order chi connectivity index (χ0) is 20.4. The van der Waals surface area contributed by atoms with Crippen molar-refractivity contribution in [1.82, 2.24) is 5.32 Å². The van der Waals surface area contributed by atoms with Crippen molar-refractivity contribution in [3.63, 3.8) is 0 Å². The molecule has 0 aliphatic heterocycles. The summed E-state index contributed by atoms with van der Waals surface area (Å²) in [7, 11) is 0. The number of nitrogens with zero attached hydrogens (tertiary/aromatic N) is 2. The van der Waals surface area contributed by atoms with Crippen molar-refractivity contribution in [1.29, 1.82) is 5.41 Å². The van der Waals surface area contributed by atoms with E-state index in [4.69, 9.17) is 17.0 Å². The molecule has 0 bridgehead atoms. The van der Waals surface area contributed by atoms with Crippen LogP contribution in [0.25, 0.3) is 0 Å². The highest BCUT2D eigenvalue weighted by Crippen LogP contribution is 2.30. The van der Waals surface area contributed by atoms with Crippen LogP contribution in [0, 0.1) is 5.41 Å². The average Bonchev–Trinajstić information content (AvgIpc) is 2.59. The number of benzene rings is 1. The van der Waals surface area contributed by atoms with Crippen LogP contribution in [0.1, 0.15) is 25.8 Å². The molecule has 27 heavy (non-hydrogen) atoms. The molecule has 1 rings (SSSR count). The first-order chi connectivity index (χ1) is 12.7. The van der Waals surface area contributed by atoms with Gasteiger partial charge in [-0.1, -0.05) is 18.5 Å². The lowest BCUT2D eigenvalue weighted by atomic mass is 10.2. The zero-order valence-corrected chi connectivity index (χ0v) is 15.6. The minimum Gasteiger partial charge on any atom is -0.337 e. The second kappa shape index (κ2) is 10.5. The average molecular weight is 401 g/mol. The summed E-state index contributed by atoms with van der Waals surface area (Å²) in [6.07, 6.45) is 1.68. The summed E-state index contributed by atoms with van der Waals surface area (Å²) < 4.78 is 38.2. The second-order valence-electron chi connectivity index (χ2n) is 5.37. The smallest absolute Gasteiger partial charge is 0.337 e. The molecule has 0 aliphatic carbocycles. The fourth-order valence-electron chi connectivity index (χ4n) is 1.88. The van der Waals surface area contributed by atoms with E-state index in [0.29, 0.717) is 18.0 Å². The molecule has 2 amide bonds. The summed E-state index contributed by atoms with van der Waals surface area (Å²) in [6.45, 7) is 3.88. The number of halogens is 4. The number of aliphatic imine (C=N–C) groups is 1. The molecular weight excluding hydrogens is 381 g/mol. The molecular formula is C18H20ClF3N4O. The highest BCUT2D eigenvalue weighted by Gasteiger charge is 2.30. The molecule has 1 aromatic rings. The predicted octanol–water partition coefficient (Wildman–Crippen LogP) is 5.34. The van der Waals surface area contributed by atoms with Crippen molar-refractivity contribution in [2.45, 2.75) is 26.4 Å². The van der Waals surface area contributed by atoms with E-state index in [9.17, 15) is 18.0 Å². The molecule has 146 valence electrons. The van der Waals surface area contributed by atoms with Crippen molar-refractivity contribution >= 4 is 35.4 Å². The number of amides is 2. The van der Waals surface area contributed by atoms with Crippen LogP contribution in [-0.2, 0) is 6.18 Å². The van der Waals surface area contributed by atoms with Gasteiger partial charge in [0.25, 0.3) is 0 Å². The normalized spacial score (nSPS) is 12.6. The number of alkyl halides is 3. The van der Waals surface area contributed by atoms with Crippen LogP contribution in [-0.4, -0.2) is 24.6 Å². The van der Waals surface area contributed by atoms with Crippen molar-refractivity contribution in [2.24, 2.45) is 4.99 Å². The molecule has 5 nitrogen and oxygen atoms in total. The minimum absolute atomic E-state index is 0.139. The fourth-order valence-corrected chi connectivity index (χ4v) is 1.94. The number of hydrogen-bond acceptors (Lipinski definition) is 3. The fraction of sp³-hybridized carbons (Fsp3) is 0.278. The summed E-state index contributed by atoms with van der Waals surface area (Å²) in [6, 6.07) is 3.40. The number of urea groups is 1. The number of carbonyl (C=O) groups excluding carboxylic acids is 1. The Kier molecular flexibility index (Phi) is 8.74. The molecule has 0 saturated carbocycles. The standard InChI is InChI=1S/C18H20ClF3N4O/c1-3-10-25-17(27)26(16(23)5-4-11-24-12-13(2)19)15-8-6-14(7-9-15)18(20,21)22/h4-9,11-12,23H,3,10H2,1-2H3,(H,25,27)/b5-4+,13-12+,23-16?,24-11+. The van der Waals surface area contributed by atoms with Crippen LogP contribution in [0.2, 0.25) is 0 Å². The number of hydrogen-bond donors (Lipinski definition) is 2. The molecule has 0 saturated heterocycles. The molecule has 0 fully saturated rings. The van der Waals surface area contributed by atoms with Crippen molar-refractivity contribution < 1.29 is 18.0 Å². The van der Waals surface area contributed by atoms with Crippen LogP contribution in [0.5, 0.6) is 0 Å². The van der Waals surface area contributed by atoms with Gasteiger partial charge in [0.15, 0.2) is 0 Å². The largest absolute Gasteiger partial charge is 0.416 e. The third-order valence-electron chi connectivity index (χ3n) is 3.10. The molecule has 0 radical (unpaired) electrons. The van der Waals surface area contributed by atoms with Gasteiger partial charge in [-0.25, -0.2) is 9.69 Å². The van der Waals surface area contributed by atoms with E-state index in [2.05, 4.69) is 10.3 Å². The van der Waals surface area contributed by atoms with Gasteiger partial charge >= 0.3 is 12.2 Å². The molecule has 0 unspecified atom stereocenters. The Morgan fingerprint density at radius 1 is 1.33 bits per heavy atom. The third kappa shape index (κ3) is 7.65. The van der Waals surface area contributed by atoms with Crippen LogP contribution < -0.4 is 10.2 Å². The van der Waals surface area contributed by atoms with Crippen molar-refractivity contribution in [3.05, 3.63) is 53.2 Å². The lowest BCUT2D eigenvalue weighted by molar-refractivity contribution is -0.137. The predicted molar refractivity (Wildman–Crippen MR) is 103 cm³/mol. The Labute approximate surface area is 160 Å². The monoisotopic (exact) mass is 400 g/mol. The first-order valence-corrected chi connectivity index (χ1v) is 8.40. The highest BCUT2D eigenvalue weighted by molar-refractivity contribution is 6.29. The van der Waals surface area contributed by atoms with Gasteiger partial charge in [-0.05, 0) is 49.8 Å². The number of allylic oxidation sites excluding steroid dienone is 2. The van der Waals surface area contributed by atoms with Gasteiger partial charge < -0.3 is 5.32 Å². The number of carbonyl (C=O) groups is 1. The third-order valence-corrected chi connectivity index (χ3v) is 3.20. The Morgan fingerprint density at radius 2 is 1.96 bits per heavy atom. The first kappa shape index (κ1) is 22.4. The topological polar surface area (TPSA) is 68.6 Å². The van der Waals surface area contributed by atoms with E-state index < -0.39 is 17.8 Å². The van der Waals surface area contributed by atoms with Gasteiger partial charge in [-0.15, -0.1) is 0 Å². The molecule has 2 N–H and O–H groups in total. The molecule has 9 heteroatoms. The maximum Gasteiger partial charge on any atom is 0.416 e. The van der Waals surface area contributed by atoms with Crippen molar-refractivity contribution in [3.8, 4) is 0 Å². The maximum atomic E-state index is 12.7. The highest BCUT2D eigenvalue weighted by atomic mass is 35.5. The quantitative estimate of drug-likeness (QED) is 0.491. The van der Waals surface area contributed by atoms with Gasteiger partial charge in [0.2, 0.25) is 0 Å². The summed E-state index contributed by atoms with van der Waals surface area (Å²) >= 11 is 5.62. The van der Waals surface area contributed by atoms with Gasteiger partial charge in [0.05, 0.1) is 11.3 Å². The SMILES string of the molecule is CCCNC(=O)N(C(=N)/C=C/C=N/C=C(\C)Cl)c1ccc(C(F)(F)F)cc1. The van der Waals surface area contributed by atoms with E-state index in [0.717, 1.165) is 29.2 Å². The van der Waals surface area contributed by atoms with Gasteiger partial charge in [0, 0.05) is 24.0 Å². The van der Waals surface area contributed by atoms with E-state index in [1.165, 1.54) is 24.6 Å². The Balaban J connectivity index is 3.07. The van der Waals surface area contributed by atoms with E-state index in [-0.39, 0.29) is 11.5 Å². The first-order valence-electron chi connectivity index (χ1n) is 8.02. The number of nitrogens with one attached hydrogen (secondary N) is 2. The minimum atomic E-state index is -4.48.